The van der Waals surface area contributed by atoms with Gasteiger partial charge in [0.05, 0.1) is 24.8 Å². The molecule has 1 fully saturated rings. The second-order valence-corrected chi connectivity index (χ2v) is 11.5. The zero-order valence-corrected chi connectivity index (χ0v) is 24.4. The Hall–Kier alpha value is -4.06. The lowest BCUT2D eigenvalue weighted by atomic mass is 9.92. The van der Waals surface area contributed by atoms with Crippen LogP contribution in [0.1, 0.15) is 81.3 Å². The minimum atomic E-state index is -0.767. The minimum Gasteiger partial charge on any atom is -0.507 e. The molecule has 4 rings (SSSR count). The van der Waals surface area contributed by atoms with Gasteiger partial charge in [0.15, 0.2) is 0 Å². The lowest BCUT2D eigenvalue weighted by Gasteiger charge is -2.28. The van der Waals surface area contributed by atoms with Gasteiger partial charge < -0.3 is 19.5 Å². The highest BCUT2D eigenvalue weighted by atomic mass is 16.5. The third-order valence-corrected chi connectivity index (χ3v) is 6.83. The summed E-state index contributed by atoms with van der Waals surface area (Å²) in [7, 11) is 0. The van der Waals surface area contributed by atoms with Gasteiger partial charge in [-0.2, -0.15) is 0 Å². The van der Waals surface area contributed by atoms with E-state index < -0.39 is 23.3 Å². The Bertz CT molecular complexity index is 1450. The summed E-state index contributed by atoms with van der Waals surface area (Å²) in [6, 6.07) is 19.9. The van der Waals surface area contributed by atoms with Crippen molar-refractivity contribution in [1.29, 1.82) is 0 Å². The molecule has 1 heterocycles. The van der Waals surface area contributed by atoms with Gasteiger partial charge in [-0.25, -0.2) is 0 Å². The zero-order chi connectivity index (χ0) is 29.2. The molecule has 1 saturated heterocycles. The van der Waals surface area contributed by atoms with Crippen LogP contribution >= 0.6 is 0 Å². The van der Waals surface area contributed by atoms with Crippen molar-refractivity contribution in [2.75, 3.05) is 6.61 Å². The van der Waals surface area contributed by atoms with E-state index in [2.05, 4.69) is 0 Å². The summed E-state index contributed by atoms with van der Waals surface area (Å²) in [6.45, 7) is 14.5. The smallest absolute Gasteiger partial charge is 0.295 e. The molecule has 210 valence electrons. The molecule has 0 aromatic heterocycles. The fraction of sp³-hybridized carbons (Fsp3) is 0.353. The molecule has 40 heavy (non-hydrogen) atoms. The van der Waals surface area contributed by atoms with E-state index in [4.69, 9.17) is 9.47 Å². The Balaban J connectivity index is 1.87. The molecule has 3 aromatic carbocycles. The topological polar surface area (TPSA) is 76.1 Å². The van der Waals surface area contributed by atoms with Crippen molar-refractivity contribution in [3.8, 4) is 11.5 Å². The average molecular weight is 542 g/mol. The van der Waals surface area contributed by atoms with Crippen molar-refractivity contribution in [3.63, 3.8) is 0 Å². The first-order valence-electron chi connectivity index (χ1n) is 13.8. The Morgan fingerprint density at radius 2 is 1.70 bits per heavy atom. The van der Waals surface area contributed by atoms with Crippen LogP contribution in [0.2, 0.25) is 0 Å². The second kappa shape index (κ2) is 11.6. The molecule has 0 bridgehead atoms. The second-order valence-electron chi connectivity index (χ2n) is 11.5. The number of likely N-dealkylation sites (tertiary alicyclic amines) is 1. The van der Waals surface area contributed by atoms with Gasteiger partial charge in [0.25, 0.3) is 11.7 Å². The molecule has 1 amide bonds. The van der Waals surface area contributed by atoms with E-state index in [0.29, 0.717) is 17.9 Å². The number of Topliss-reactive ketones (excluding diaryl/α,β-unsaturated/α-hetero) is 1. The molecule has 1 N–H and O–H groups in total. The van der Waals surface area contributed by atoms with Crippen LogP contribution in [0.15, 0.2) is 72.3 Å². The molecule has 6 heteroatoms. The summed E-state index contributed by atoms with van der Waals surface area (Å²) >= 11 is 0. The van der Waals surface area contributed by atoms with Gasteiger partial charge in [-0.05, 0) is 75.9 Å². The largest absolute Gasteiger partial charge is 0.507 e. The lowest BCUT2D eigenvalue weighted by Crippen LogP contribution is -2.30. The number of aryl methyl sites for hydroxylation is 1. The highest BCUT2D eigenvalue weighted by molar-refractivity contribution is 6.46. The quantitative estimate of drug-likeness (QED) is 0.184. The normalized spacial score (nSPS) is 17.0. The van der Waals surface area contributed by atoms with E-state index in [9.17, 15) is 14.7 Å². The van der Waals surface area contributed by atoms with Crippen molar-refractivity contribution >= 4 is 17.4 Å². The number of carbonyl (C=O) groups excluding carboxylic acids is 2. The first-order valence-corrected chi connectivity index (χ1v) is 13.8. The molecule has 0 aliphatic carbocycles. The van der Waals surface area contributed by atoms with Crippen LogP contribution in [-0.2, 0) is 16.1 Å². The fourth-order valence-corrected chi connectivity index (χ4v) is 5.07. The summed E-state index contributed by atoms with van der Waals surface area (Å²) in [5.41, 5.74) is 3.54. The van der Waals surface area contributed by atoms with Crippen LogP contribution in [-0.4, -0.2) is 33.9 Å². The molecule has 1 aliphatic heterocycles. The van der Waals surface area contributed by atoms with Gasteiger partial charge in [-0.3, -0.25) is 9.59 Å². The number of hydrogen-bond acceptors (Lipinski definition) is 5. The monoisotopic (exact) mass is 541 g/mol. The maximum atomic E-state index is 13.6. The van der Waals surface area contributed by atoms with Crippen molar-refractivity contribution in [2.45, 2.75) is 72.6 Å². The van der Waals surface area contributed by atoms with Gasteiger partial charge in [0.1, 0.15) is 22.9 Å². The van der Waals surface area contributed by atoms with Crippen molar-refractivity contribution in [2.24, 2.45) is 0 Å². The molecule has 0 spiro atoms. The molecule has 1 atom stereocenters. The van der Waals surface area contributed by atoms with Crippen molar-refractivity contribution < 1.29 is 24.2 Å². The molecular formula is C34H39NO5. The number of carbonyl (C=O) groups is 2. The maximum Gasteiger partial charge on any atom is 0.295 e. The summed E-state index contributed by atoms with van der Waals surface area (Å²) < 4.78 is 12.0. The van der Waals surface area contributed by atoms with E-state index in [-0.39, 0.29) is 23.8 Å². The lowest BCUT2D eigenvalue weighted by molar-refractivity contribution is -0.140. The van der Waals surface area contributed by atoms with Crippen LogP contribution in [0.5, 0.6) is 11.5 Å². The zero-order valence-electron chi connectivity index (χ0n) is 24.4. The number of ether oxygens (including phenoxy) is 2. The predicted molar refractivity (Wildman–Crippen MR) is 158 cm³/mol. The summed E-state index contributed by atoms with van der Waals surface area (Å²) in [5.74, 6) is -0.0554. The fourth-order valence-electron chi connectivity index (χ4n) is 5.07. The number of hydrogen-bond donors (Lipinski definition) is 1. The summed E-state index contributed by atoms with van der Waals surface area (Å²) in [4.78, 5) is 28.8. The van der Waals surface area contributed by atoms with E-state index in [0.717, 1.165) is 28.0 Å². The number of rotatable bonds is 8. The standard InChI is InChI=1S/C34H39NO5/c1-8-39-28-17-16-24(19-26(28)21(2)3)31(36)29-30(23-14-11-12-22(4)18-23)35(33(38)32(29)37)20-25-13-9-10-15-27(25)40-34(5,6)7/h9-19,21,30,36H,8,20H2,1-7H3/b31-29-. The van der Waals surface area contributed by atoms with Crippen LogP contribution < -0.4 is 9.47 Å². The number of aliphatic hydroxyl groups excluding tert-OH is 1. The van der Waals surface area contributed by atoms with Gasteiger partial charge in [-0.1, -0.05) is 61.9 Å². The first kappa shape index (κ1) is 28.9. The number of ketones is 1. The average Bonchev–Trinajstić information content (AvgIpc) is 3.14. The molecule has 6 nitrogen and oxygen atoms in total. The Morgan fingerprint density at radius 1 is 0.975 bits per heavy atom. The molecule has 1 unspecified atom stereocenters. The van der Waals surface area contributed by atoms with E-state index in [1.54, 1.807) is 6.07 Å². The Morgan fingerprint density at radius 3 is 2.35 bits per heavy atom. The minimum absolute atomic E-state index is 0.0729. The molecule has 0 radical (unpaired) electrons. The van der Waals surface area contributed by atoms with E-state index >= 15 is 0 Å². The Kier molecular flexibility index (Phi) is 8.38. The third-order valence-electron chi connectivity index (χ3n) is 6.83. The van der Waals surface area contributed by atoms with Crippen molar-refractivity contribution in [1.82, 2.24) is 4.90 Å². The number of amides is 1. The number of para-hydroxylation sites is 1. The van der Waals surface area contributed by atoms with E-state index in [1.807, 2.05) is 109 Å². The summed E-state index contributed by atoms with van der Waals surface area (Å²) in [5, 5.41) is 11.6. The van der Waals surface area contributed by atoms with Gasteiger partial charge >= 0.3 is 0 Å². The molecular weight excluding hydrogens is 502 g/mol. The van der Waals surface area contributed by atoms with Crippen molar-refractivity contribution in [3.05, 3.63) is 100 Å². The van der Waals surface area contributed by atoms with Gasteiger partial charge in [-0.15, -0.1) is 0 Å². The highest BCUT2D eigenvalue weighted by Gasteiger charge is 2.46. The maximum absolute atomic E-state index is 13.6. The van der Waals surface area contributed by atoms with Crippen LogP contribution in [0.3, 0.4) is 0 Å². The van der Waals surface area contributed by atoms with E-state index in [1.165, 1.54) is 4.90 Å². The first-order chi connectivity index (χ1) is 18.9. The number of benzene rings is 3. The summed E-state index contributed by atoms with van der Waals surface area (Å²) in [6.07, 6.45) is 0. The van der Waals surface area contributed by atoms with Crippen LogP contribution in [0, 0.1) is 6.92 Å². The Labute approximate surface area is 237 Å². The van der Waals surface area contributed by atoms with Gasteiger partial charge in [0, 0.05) is 11.1 Å². The highest BCUT2D eigenvalue weighted by Crippen LogP contribution is 2.42. The number of aliphatic hydroxyl groups is 1. The predicted octanol–water partition coefficient (Wildman–Crippen LogP) is 7.32. The number of nitrogens with zero attached hydrogens (tertiary/aromatic N) is 1. The van der Waals surface area contributed by atoms with Gasteiger partial charge in [0.2, 0.25) is 0 Å². The van der Waals surface area contributed by atoms with Crippen LogP contribution in [0.4, 0.5) is 0 Å². The molecule has 0 saturated carbocycles. The SMILES string of the molecule is CCOc1ccc(/C(O)=C2/C(=O)C(=O)N(Cc3ccccc3OC(C)(C)C)C2c2cccc(C)c2)cc1C(C)C. The molecule has 3 aromatic rings. The molecule has 1 aliphatic rings. The third kappa shape index (κ3) is 6.06. The van der Waals surface area contributed by atoms with Crippen LogP contribution in [0.25, 0.3) is 5.76 Å².